The van der Waals surface area contributed by atoms with Crippen LogP contribution in [0.2, 0.25) is 0 Å². The third kappa shape index (κ3) is 4.69. The van der Waals surface area contributed by atoms with Crippen LogP contribution in [0.25, 0.3) is 0 Å². The van der Waals surface area contributed by atoms with Gasteiger partial charge in [0.05, 0.1) is 24.2 Å². The highest BCUT2D eigenvalue weighted by Gasteiger charge is 2.22. The number of carbonyl (C=O) groups excluding carboxylic acids is 2. The molecular weight excluding hydrogens is 326 g/mol. The summed E-state index contributed by atoms with van der Waals surface area (Å²) < 4.78 is 5.19. The first-order valence-corrected chi connectivity index (χ1v) is 8.94. The first-order valence-electron chi connectivity index (χ1n) is 8.06. The van der Waals surface area contributed by atoms with Crippen molar-refractivity contribution in [2.75, 3.05) is 19.6 Å². The average Bonchev–Trinajstić information content (AvgIpc) is 3.28. The number of hydrogen-bond acceptors (Lipinski definition) is 5. The van der Waals surface area contributed by atoms with Crippen LogP contribution in [0.1, 0.15) is 28.3 Å². The predicted molar refractivity (Wildman–Crippen MR) is 91.8 cm³/mol. The third-order valence-corrected chi connectivity index (χ3v) is 4.94. The van der Waals surface area contributed by atoms with E-state index in [0.717, 1.165) is 36.6 Å². The molecule has 0 radical (unpaired) electrons. The van der Waals surface area contributed by atoms with E-state index >= 15 is 0 Å². The monoisotopic (exact) mass is 347 g/mol. The first kappa shape index (κ1) is 16.7. The molecule has 0 atom stereocenters. The van der Waals surface area contributed by atoms with Crippen molar-refractivity contribution in [2.45, 2.75) is 25.4 Å². The topological polar surface area (TPSA) is 74.6 Å². The number of furan rings is 1. The summed E-state index contributed by atoms with van der Waals surface area (Å²) in [7, 11) is 0. The van der Waals surface area contributed by atoms with Crippen molar-refractivity contribution in [3.63, 3.8) is 0 Å². The molecule has 2 N–H and O–H groups in total. The summed E-state index contributed by atoms with van der Waals surface area (Å²) >= 11 is 1.45. The van der Waals surface area contributed by atoms with Crippen LogP contribution in [0.4, 0.5) is 0 Å². The molecular formula is C17H21N3O3S. The summed E-state index contributed by atoms with van der Waals surface area (Å²) in [6.45, 7) is 2.42. The molecule has 0 aromatic carbocycles. The molecule has 0 saturated carbocycles. The Morgan fingerprint density at radius 2 is 2.08 bits per heavy atom. The number of rotatable bonds is 6. The fourth-order valence-electron chi connectivity index (χ4n) is 2.76. The molecule has 2 aromatic heterocycles. The molecule has 2 amide bonds. The molecule has 0 unspecified atom stereocenters. The predicted octanol–water partition coefficient (Wildman–Crippen LogP) is 1.85. The SMILES string of the molecule is O=C(CN1CCC(NC(=O)c2cccs2)CC1)NCc1ccco1. The normalized spacial score (nSPS) is 16.0. The van der Waals surface area contributed by atoms with E-state index in [0.29, 0.717) is 13.1 Å². The Labute approximate surface area is 144 Å². The Morgan fingerprint density at radius 1 is 1.25 bits per heavy atom. The molecule has 6 nitrogen and oxygen atoms in total. The molecule has 128 valence electrons. The lowest BCUT2D eigenvalue weighted by molar-refractivity contribution is -0.122. The summed E-state index contributed by atoms with van der Waals surface area (Å²) in [5.41, 5.74) is 0. The number of carbonyl (C=O) groups is 2. The molecule has 2 aromatic rings. The van der Waals surface area contributed by atoms with Crippen LogP contribution in [0.3, 0.4) is 0 Å². The van der Waals surface area contributed by atoms with Gasteiger partial charge in [-0.15, -0.1) is 11.3 Å². The summed E-state index contributed by atoms with van der Waals surface area (Å²) in [6, 6.07) is 7.53. The van der Waals surface area contributed by atoms with Gasteiger partial charge >= 0.3 is 0 Å². The maximum absolute atomic E-state index is 12.0. The van der Waals surface area contributed by atoms with Crippen molar-refractivity contribution in [3.8, 4) is 0 Å². The summed E-state index contributed by atoms with van der Waals surface area (Å²) in [6.07, 6.45) is 3.32. The van der Waals surface area contributed by atoms with E-state index in [9.17, 15) is 9.59 Å². The number of thiophene rings is 1. The zero-order valence-electron chi connectivity index (χ0n) is 13.4. The fourth-order valence-corrected chi connectivity index (χ4v) is 3.38. The molecule has 0 spiro atoms. The number of piperidine rings is 1. The smallest absolute Gasteiger partial charge is 0.261 e. The van der Waals surface area contributed by atoms with Crippen molar-refractivity contribution < 1.29 is 14.0 Å². The van der Waals surface area contributed by atoms with Crippen LogP contribution in [-0.4, -0.2) is 42.4 Å². The van der Waals surface area contributed by atoms with Gasteiger partial charge in [-0.05, 0) is 36.4 Å². The Morgan fingerprint density at radius 3 is 2.75 bits per heavy atom. The molecule has 7 heteroatoms. The maximum atomic E-state index is 12.0. The molecule has 1 fully saturated rings. The second-order valence-corrected chi connectivity index (χ2v) is 6.80. The van der Waals surface area contributed by atoms with Gasteiger partial charge < -0.3 is 15.1 Å². The number of hydrogen-bond donors (Lipinski definition) is 2. The van der Waals surface area contributed by atoms with Gasteiger partial charge in [-0.2, -0.15) is 0 Å². The van der Waals surface area contributed by atoms with E-state index in [2.05, 4.69) is 15.5 Å². The Bertz CT molecular complexity index is 647. The van der Waals surface area contributed by atoms with Crippen molar-refractivity contribution >= 4 is 23.2 Å². The lowest BCUT2D eigenvalue weighted by Crippen LogP contribution is -2.47. The zero-order valence-corrected chi connectivity index (χ0v) is 14.2. The number of nitrogens with zero attached hydrogens (tertiary/aromatic N) is 1. The van der Waals surface area contributed by atoms with Crippen molar-refractivity contribution in [1.82, 2.24) is 15.5 Å². The van der Waals surface area contributed by atoms with Gasteiger partial charge in [-0.25, -0.2) is 0 Å². The molecule has 1 aliphatic heterocycles. The van der Waals surface area contributed by atoms with Crippen molar-refractivity contribution in [1.29, 1.82) is 0 Å². The molecule has 1 saturated heterocycles. The molecule has 3 heterocycles. The largest absolute Gasteiger partial charge is 0.467 e. The van der Waals surface area contributed by atoms with Crippen molar-refractivity contribution in [2.24, 2.45) is 0 Å². The van der Waals surface area contributed by atoms with E-state index in [1.54, 1.807) is 12.3 Å². The van der Waals surface area contributed by atoms with Gasteiger partial charge in [0.25, 0.3) is 5.91 Å². The van der Waals surface area contributed by atoms with Crippen LogP contribution in [0.15, 0.2) is 40.3 Å². The van der Waals surface area contributed by atoms with Crippen LogP contribution < -0.4 is 10.6 Å². The number of likely N-dealkylation sites (tertiary alicyclic amines) is 1. The van der Waals surface area contributed by atoms with Gasteiger partial charge in [-0.1, -0.05) is 6.07 Å². The van der Waals surface area contributed by atoms with Gasteiger partial charge in [0.15, 0.2) is 0 Å². The molecule has 1 aliphatic rings. The number of amides is 2. The highest BCUT2D eigenvalue weighted by molar-refractivity contribution is 7.12. The molecule has 3 rings (SSSR count). The summed E-state index contributed by atoms with van der Waals surface area (Å²) in [5, 5.41) is 7.82. The second-order valence-electron chi connectivity index (χ2n) is 5.86. The molecule has 24 heavy (non-hydrogen) atoms. The highest BCUT2D eigenvalue weighted by atomic mass is 32.1. The summed E-state index contributed by atoms with van der Waals surface area (Å²) in [5.74, 6) is 0.741. The number of nitrogens with one attached hydrogen (secondary N) is 2. The van der Waals surface area contributed by atoms with Gasteiger partial charge in [0.2, 0.25) is 5.91 Å². The fraction of sp³-hybridized carbons (Fsp3) is 0.412. The van der Waals surface area contributed by atoms with Gasteiger partial charge in [0.1, 0.15) is 5.76 Å². The Hall–Kier alpha value is -2.12. The minimum atomic E-state index is -0.00697. The van der Waals surface area contributed by atoms with E-state index in [-0.39, 0.29) is 17.9 Å². The second kappa shape index (κ2) is 8.12. The van der Waals surface area contributed by atoms with Crippen LogP contribution >= 0.6 is 11.3 Å². The van der Waals surface area contributed by atoms with Crippen molar-refractivity contribution in [3.05, 3.63) is 46.5 Å². The minimum absolute atomic E-state index is 0.000333. The Balaban J connectivity index is 1.35. The zero-order chi connectivity index (χ0) is 16.8. The van der Waals surface area contributed by atoms with E-state index in [4.69, 9.17) is 4.42 Å². The van der Waals surface area contributed by atoms with E-state index in [1.807, 2.05) is 23.6 Å². The average molecular weight is 347 g/mol. The standard InChI is InChI=1S/C17H21N3O3S/c21-16(18-11-14-3-1-9-23-14)12-20-7-5-13(6-8-20)19-17(22)15-4-2-10-24-15/h1-4,9-10,13H,5-8,11-12H2,(H,18,21)(H,19,22). The molecule has 0 bridgehead atoms. The highest BCUT2D eigenvalue weighted by Crippen LogP contribution is 2.13. The lowest BCUT2D eigenvalue weighted by Gasteiger charge is -2.31. The Kier molecular flexibility index (Phi) is 5.66. The van der Waals surface area contributed by atoms with Gasteiger partial charge in [0, 0.05) is 19.1 Å². The van der Waals surface area contributed by atoms with Crippen LogP contribution in [0.5, 0.6) is 0 Å². The summed E-state index contributed by atoms with van der Waals surface area (Å²) in [4.78, 5) is 26.9. The van der Waals surface area contributed by atoms with Crippen LogP contribution in [0, 0.1) is 0 Å². The molecule has 0 aliphatic carbocycles. The third-order valence-electron chi connectivity index (χ3n) is 4.07. The van der Waals surface area contributed by atoms with Gasteiger partial charge in [-0.3, -0.25) is 14.5 Å². The van der Waals surface area contributed by atoms with E-state index < -0.39 is 0 Å². The maximum Gasteiger partial charge on any atom is 0.261 e. The van der Waals surface area contributed by atoms with E-state index in [1.165, 1.54) is 11.3 Å². The lowest BCUT2D eigenvalue weighted by atomic mass is 10.0. The van der Waals surface area contributed by atoms with Crippen LogP contribution in [-0.2, 0) is 11.3 Å². The minimum Gasteiger partial charge on any atom is -0.467 e. The quantitative estimate of drug-likeness (QED) is 0.836. The first-order chi connectivity index (χ1) is 11.7.